The van der Waals surface area contributed by atoms with Crippen molar-refractivity contribution in [3.8, 4) is 11.5 Å². The van der Waals surface area contributed by atoms with Gasteiger partial charge in [0.25, 0.3) is 0 Å². The van der Waals surface area contributed by atoms with Gasteiger partial charge in [0.2, 0.25) is 0 Å². The topological polar surface area (TPSA) is 93.1 Å². The van der Waals surface area contributed by atoms with E-state index < -0.39 is 25.2 Å². The van der Waals surface area contributed by atoms with Gasteiger partial charge in [-0.1, -0.05) is 23.2 Å². The third kappa shape index (κ3) is 4.31. The zero-order valence-electron chi connectivity index (χ0n) is 8.85. The minimum atomic E-state index is -1.18. The van der Waals surface area contributed by atoms with Crippen LogP contribution in [0.2, 0.25) is 10.0 Å². The van der Waals surface area contributed by atoms with E-state index in [0.717, 1.165) is 0 Å². The molecule has 0 saturated heterocycles. The predicted molar refractivity (Wildman–Crippen MR) is 62.7 cm³/mol. The van der Waals surface area contributed by atoms with E-state index in [1.807, 2.05) is 0 Å². The van der Waals surface area contributed by atoms with Crippen LogP contribution in [0.5, 0.6) is 11.5 Å². The van der Waals surface area contributed by atoms with Gasteiger partial charge in [-0.2, -0.15) is 0 Å². The molecule has 18 heavy (non-hydrogen) atoms. The van der Waals surface area contributed by atoms with Crippen molar-refractivity contribution in [3.05, 3.63) is 22.2 Å². The van der Waals surface area contributed by atoms with E-state index in [4.69, 9.17) is 42.9 Å². The fraction of sp³-hybridized carbons (Fsp3) is 0.200. The van der Waals surface area contributed by atoms with E-state index in [1.54, 1.807) is 0 Å². The molecule has 0 aliphatic carbocycles. The van der Waals surface area contributed by atoms with Gasteiger partial charge in [-0.15, -0.1) is 0 Å². The van der Waals surface area contributed by atoms with Gasteiger partial charge in [0.05, 0.1) is 5.02 Å². The molecule has 0 saturated carbocycles. The zero-order chi connectivity index (χ0) is 13.7. The van der Waals surface area contributed by atoms with Gasteiger partial charge in [0.1, 0.15) is 16.5 Å². The highest BCUT2D eigenvalue weighted by molar-refractivity contribution is 6.43. The first kappa shape index (κ1) is 14.4. The number of carboxylic acids is 2. The average molecular weight is 295 g/mol. The first-order valence-electron chi connectivity index (χ1n) is 4.58. The van der Waals surface area contributed by atoms with Crippen molar-refractivity contribution >= 4 is 35.1 Å². The highest BCUT2D eigenvalue weighted by Gasteiger charge is 2.12. The lowest BCUT2D eigenvalue weighted by Crippen LogP contribution is -2.11. The SMILES string of the molecule is O=C(O)COc1cc(Cl)c(Cl)c(OCC(=O)O)c1. The quantitative estimate of drug-likeness (QED) is 0.832. The number of ether oxygens (including phenoxy) is 2. The molecule has 0 spiro atoms. The molecule has 6 nitrogen and oxygen atoms in total. The lowest BCUT2D eigenvalue weighted by Gasteiger charge is -2.10. The molecule has 1 rings (SSSR count). The van der Waals surface area contributed by atoms with Crippen molar-refractivity contribution in [3.63, 3.8) is 0 Å². The van der Waals surface area contributed by atoms with E-state index in [1.165, 1.54) is 12.1 Å². The third-order valence-corrected chi connectivity index (χ3v) is 2.47. The Morgan fingerprint density at radius 1 is 1.06 bits per heavy atom. The molecule has 98 valence electrons. The summed E-state index contributed by atoms with van der Waals surface area (Å²) in [6.07, 6.45) is 0. The third-order valence-electron chi connectivity index (χ3n) is 1.68. The average Bonchev–Trinajstić information content (AvgIpc) is 2.28. The van der Waals surface area contributed by atoms with Crippen LogP contribution in [0.1, 0.15) is 0 Å². The van der Waals surface area contributed by atoms with Gasteiger partial charge >= 0.3 is 11.9 Å². The molecule has 0 aliphatic rings. The Bertz CT molecular complexity index is 474. The molecule has 8 heteroatoms. The van der Waals surface area contributed by atoms with Crippen molar-refractivity contribution in [2.45, 2.75) is 0 Å². The van der Waals surface area contributed by atoms with Crippen LogP contribution >= 0.6 is 23.2 Å². The van der Waals surface area contributed by atoms with Gasteiger partial charge in [-0.3, -0.25) is 0 Å². The maximum atomic E-state index is 10.4. The molecule has 0 amide bonds. The van der Waals surface area contributed by atoms with Crippen LogP contribution in [-0.2, 0) is 9.59 Å². The molecule has 0 heterocycles. The van der Waals surface area contributed by atoms with Crippen molar-refractivity contribution in [1.29, 1.82) is 0 Å². The lowest BCUT2D eigenvalue weighted by atomic mass is 10.3. The van der Waals surface area contributed by atoms with Crippen LogP contribution in [0.4, 0.5) is 0 Å². The first-order valence-corrected chi connectivity index (χ1v) is 5.34. The monoisotopic (exact) mass is 294 g/mol. The molecule has 0 atom stereocenters. The van der Waals surface area contributed by atoms with Crippen LogP contribution in [0.25, 0.3) is 0 Å². The molecule has 0 radical (unpaired) electrons. The van der Waals surface area contributed by atoms with Gasteiger partial charge in [0, 0.05) is 12.1 Å². The number of carboxylic acid groups (broad SMARTS) is 2. The van der Waals surface area contributed by atoms with Crippen molar-refractivity contribution in [1.82, 2.24) is 0 Å². The summed E-state index contributed by atoms with van der Waals surface area (Å²) < 4.78 is 9.76. The van der Waals surface area contributed by atoms with Gasteiger partial charge in [-0.25, -0.2) is 9.59 Å². The standard InChI is InChI=1S/C10H8Cl2O6/c11-6-1-5(17-3-8(13)14)2-7(10(6)12)18-4-9(15)16/h1-2H,3-4H2,(H,13,14)(H,15,16). The Kier molecular flexibility index (Phi) is 5.06. The molecule has 0 fully saturated rings. The van der Waals surface area contributed by atoms with E-state index in [9.17, 15) is 9.59 Å². The largest absolute Gasteiger partial charge is 0.482 e. The van der Waals surface area contributed by atoms with Gasteiger partial charge < -0.3 is 19.7 Å². The summed E-state index contributed by atoms with van der Waals surface area (Å²) >= 11 is 11.6. The van der Waals surface area contributed by atoms with Crippen molar-refractivity contribution in [2.24, 2.45) is 0 Å². The summed E-state index contributed by atoms with van der Waals surface area (Å²) in [7, 11) is 0. The Labute approximate surface area is 112 Å². The van der Waals surface area contributed by atoms with Gasteiger partial charge in [-0.05, 0) is 0 Å². The summed E-state index contributed by atoms with van der Waals surface area (Å²) in [6, 6.07) is 2.57. The number of halogens is 2. The number of rotatable bonds is 6. The van der Waals surface area contributed by atoms with Crippen molar-refractivity contribution < 1.29 is 29.3 Å². The minimum absolute atomic E-state index is 0.00644. The summed E-state index contributed by atoms with van der Waals surface area (Å²) in [5.41, 5.74) is 0. The minimum Gasteiger partial charge on any atom is -0.482 e. The van der Waals surface area contributed by atoms with Gasteiger partial charge in [0.15, 0.2) is 13.2 Å². The molecule has 2 N–H and O–H groups in total. The second-order valence-electron chi connectivity index (χ2n) is 3.08. The lowest BCUT2D eigenvalue weighted by molar-refractivity contribution is -0.140. The summed E-state index contributed by atoms with van der Waals surface area (Å²) in [4.78, 5) is 20.7. The molecule has 0 unspecified atom stereocenters. The molecule has 0 aromatic heterocycles. The molecule has 0 aliphatic heterocycles. The maximum absolute atomic E-state index is 10.4. The first-order chi connectivity index (χ1) is 8.40. The fourth-order valence-electron chi connectivity index (χ4n) is 1.01. The Hall–Kier alpha value is -1.66. The van der Waals surface area contributed by atoms with Crippen LogP contribution in [0.15, 0.2) is 12.1 Å². The molecule has 1 aromatic carbocycles. The highest BCUT2D eigenvalue weighted by atomic mass is 35.5. The van der Waals surface area contributed by atoms with Crippen molar-refractivity contribution in [2.75, 3.05) is 13.2 Å². The van der Waals surface area contributed by atoms with E-state index in [0.29, 0.717) is 0 Å². The molecule has 1 aromatic rings. The fourth-order valence-corrected chi connectivity index (χ4v) is 1.38. The molecular formula is C10H8Cl2O6. The second-order valence-corrected chi connectivity index (χ2v) is 3.87. The van der Waals surface area contributed by atoms with E-state index >= 15 is 0 Å². The van der Waals surface area contributed by atoms with E-state index in [-0.39, 0.29) is 21.5 Å². The Morgan fingerprint density at radius 2 is 1.61 bits per heavy atom. The normalized spacial score (nSPS) is 9.89. The molecular weight excluding hydrogens is 287 g/mol. The Morgan fingerprint density at radius 3 is 2.17 bits per heavy atom. The predicted octanol–water partition coefficient (Wildman–Crippen LogP) is 1.92. The number of benzene rings is 1. The smallest absolute Gasteiger partial charge is 0.341 e. The van der Waals surface area contributed by atoms with Crippen LogP contribution in [0.3, 0.4) is 0 Å². The highest BCUT2D eigenvalue weighted by Crippen LogP contribution is 2.36. The van der Waals surface area contributed by atoms with Crippen LogP contribution in [-0.4, -0.2) is 35.4 Å². The number of hydrogen-bond donors (Lipinski definition) is 2. The van der Waals surface area contributed by atoms with E-state index in [2.05, 4.69) is 0 Å². The Balaban J connectivity index is 2.87. The number of hydrogen-bond acceptors (Lipinski definition) is 4. The second kappa shape index (κ2) is 6.32. The van der Waals surface area contributed by atoms with Crippen LogP contribution < -0.4 is 9.47 Å². The summed E-state index contributed by atoms with van der Waals surface area (Å²) in [5, 5.41) is 17.0. The summed E-state index contributed by atoms with van der Waals surface area (Å²) in [5.74, 6) is -2.22. The number of carbonyl (C=O) groups is 2. The number of aliphatic carboxylic acids is 2. The molecule has 0 bridgehead atoms. The van der Waals surface area contributed by atoms with Crippen LogP contribution in [0, 0.1) is 0 Å². The maximum Gasteiger partial charge on any atom is 0.341 e. The zero-order valence-corrected chi connectivity index (χ0v) is 10.4. The summed E-state index contributed by atoms with van der Waals surface area (Å²) in [6.45, 7) is -1.16.